The highest BCUT2D eigenvalue weighted by Gasteiger charge is 2.24. The third-order valence-electron chi connectivity index (χ3n) is 6.59. The van der Waals surface area contributed by atoms with Crippen molar-refractivity contribution in [3.05, 3.63) is 83.4 Å². The van der Waals surface area contributed by atoms with Crippen molar-refractivity contribution in [3.8, 4) is 18.1 Å². The van der Waals surface area contributed by atoms with Gasteiger partial charge in [-0.25, -0.2) is 4.99 Å². The standard InChI is InChI=1S/C31H30N4O5/c1-4-21-5-9-25(10-6-21)33-30(37)27-19-26(39-2)13-14-28(27)34-29(36)22-7-11-24(12-8-22)32-20-35-17-15-23(16-18-35)31(38)40-3/h1,5-14,19-20,23H,15-18H2,2-3H3,(H,33,37)(H,34,36)/b32-20+. The molecule has 1 aliphatic rings. The average molecular weight is 539 g/mol. The summed E-state index contributed by atoms with van der Waals surface area (Å²) in [5.74, 6) is 1.99. The fourth-order valence-electron chi connectivity index (χ4n) is 4.25. The fourth-order valence-corrected chi connectivity index (χ4v) is 4.25. The Bertz CT molecular complexity index is 1430. The molecule has 4 rings (SSSR count). The van der Waals surface area contributed by atoms with Gasteiger partial charge in [-0.1, -0.05) is 5.92 Å². The second-order valence-corrected chi connectivity index (χ2v) is 9.17. The number of nitrogens with zero attached hydrogens (tertiary/aromatic N) is 2. The number of hydrogen-bond acceptors (Lipinski definition) is 6. The zero-order chi connectivity index (χ0) is 28.5. The molecule has 0 unspecified atom stereocenters. The predicted octanol–water partition coefficient (Wildman–Crippen LogP) is 4.73. The molecule has 0 aromatic heterocycles. The molecular weight excluding hydrogens is 508 g/mol. The van der Waals surface area contributed by atoms with Crippen molar-refractivity contribution in [2.75, 3.05) is 37.9 Å². The second kappa shape index (κ2) is 13.1. The largest absolute Gasteiger partial charge is 0.497 e. The molecule has 0 atom stereocenters. The van der Waals surface area contributed by atoms with E-state index in [2.05, 4.69) is 26.4 Å². The van der Waals surface area contributed by atoms with Crippen LogP contribution in [0.4, 0.5) is 17.1 Å². The summed E-state index contributed by atoms with van der Waals surface area (Å²) >= 11 is 0. The number of piperidine rings is 1. The Balaban J connectivity index is 1.40. The summed E-state index contributed by atoms with van der Waals surface area (Å²) in [5.41, 5.74) is 2.93. The summed E-state index contributed by atoms with van der Waals surface area (Å²) in [6, 6.07) is 18.5. The second-order valence-electron chi connectivity index (χ2n) is 9.17. The van der Waals surface area contributed by atoms with Gasteiger partial charge in [-0.15, -0.1) is 6.42 Å². The Labute approximate surface area is 233 Å². The van der Waals surface area contributed by atoms with Crippen LogP contribution in [0.5, 0.6) is 5.75 Å². The number of benzene rings is 3. The first-order valence-corrected chi connectivity index (χ1v) is 12.7. The van der Waals surface area contributed by atoms with Crippen molar-refractivity contribution in [1.82, 2.24) is 4.90 Å². The number of hydrogen-bond donors (Lipinski definition) is 2. The van der Waals surface area contributed by atoms with Gasteiger partial charge in [0.25, 0.3) is 11.8 Å². The lowest BCUT2D eigenvalue weighted by Gasteiger charge is -2.28. The number of esters is 1. The van der Waals surface area contributed by atoms with Gasteiger partial charge in [0.15, 0.2) is 0 Å². The quantitative estimate of drug-likeness (QED) is 0.186. The van der Waals surface area contributed by atoms with Crippen molar-refractivity contribution in [2.45, 2.75) is 12.8 Å². The van der Waals surface area contributed by atoms with Gasteiger partial charge >= 0.3 is 5.97 Å². The first kappa shape index (κ1) is 27.9. The summed E-state index contributed by atoms with van der Waals surface area (Å²) in [6.45, 7) is 1.44. The Morgan fingerprint density at radius 3 is 2.27 bits per heavy atom. The number of amides is 2. The van der Waals surface area contributed by atoms with Gasteiger partial charge in [0, 0.05) is 29.9 Å². The van der Waals surface area contributed by atoms with Gasteiger partial charge in [-0.2, -0.15) is 0 Å². The Morgan fingerprint density at radius 1 is 0.950 bits per heavy atom. The van der Waals surface area contributed by atoms with Crippen LogP contribution in [0, 0.1) is 18.3 Å². The van der Waals surface area contributed by atoms with Crippen molar-refractivity contribution in [2.24, 2.45) is 10.9 Å². The van der Waals surface area contributed by atoms with E-state index in [1.54, 1.807) is 73.1 Å². The maximum Gasteiger partial charge on any atom is 0.308 e. The minimum atomic E-state index is -0.414. The van der Waals surface area contributed by atoms with Crippen LogP contribution in [0.2, 0.25) is 0 Å². The van der Waals surface area contributed by atoms with E-state index in [0.29, 0.717) is 33.9 Å². The molecular formula is C31H30N4O5. The first-order chi connectivity index (χ1) is 19.4. The third kappa shape index (κ3) is 7.05. The van der Waals surface area contributed by atoms with Crippen LogP contribution in [-0.4, -0.2) is 56.3 Å². The van der Waals surface area contributed by atoms with Gasteiger partial charge in [-0.05, 0) is 79.6 Å². The number of carbonyl (C=O) groups excluding carboxylic acids is 3. The van der Waals surface area contributed by atoms with Crippen molar-refractivity contribution >= 4 is 41.2 Å². The molecule has 3 aromatic carbocycles. The molecule has 9 heteroatoms. The summed E-state index contributed by atoms with van der Waals surface area (Å²) in [5, 5.41) is 5.63. The molecule has 1 heterocycles. The molecule has 40 heavy (non-hydrogen) atoms. The summed E-state index contributed by atoms with van der Waals surface area (Å²) in [6.07, 6.45) is 8.60. The van der Waals surface area contributed by atoms with Crippen molar-refractivity contribution < 1.29 is 23.9 Å². The number of ether oxygens (including phenoxy) is 2. The van der Waals surface area contributed by atoms with Crippen LogP contribution in [-0.2, 0) is 9.53 Å². The van der Waals surface area contributed by atoms with Gasteiger partial charge in [-0.3, -0.25) is 14.4 Å². The molecule has 1 fully saturated rings. The molecule has 1 aliphatic heterocycles. The zero-order valence-electron chi connectivity index (χ0n) is 22.3. The summed E-state index contributed by atoms with van der Waals surface area (Å²) in [4.78, 5) is 44.3. The van der Waals surface area contributed by atoms with E-state index in [1.165, 1.54) is 14.2 Å². The van der Waals surface area contributed by atoms with E-state index in [0.717, 1.165) is 25.9 Å². The molecule has 0 radical (unpaired) electrons. The summed E-state index contributed by atoms with van der Waals surface area (Å²) in [7, 11) is 2.91. The number of rotatable bonds is 8. The Hall–Kier alpha value is -5.10. The number of terminal acetylenes is 1. The van der Waals surface area contributed by atoms with Crippen LogP contribution in [0.3, 0.4) is 0 Å². The zero-order valence-corrected chi connectivity index (χ0v) is 22.3. The minimum absolute atomic E-state index is 0.0647. The third-order valence-corrected chi connectivity index (χ3v) is 6.59. The first-order valence-electron chi connectivity index (χ1n) is 12.7. The van der Waals surface area contributed by atoms with E-state index in [4.69, 9.17) is 15.9 Å². The van der Waals surface area contributed by atoms with Gasteiger partial charge in [0.2, 0.25) is 0 Å². The van der Waals surface area contributed by atoms with E-state index in [9.17, 15) is 14.4 Å². The maximum absolute atomic E-state index is 13.1. The monoisotopic (exact) mass is 538 g/mol. The molecule has 0 aliphatic carbocycles. The van der Waals surface area contributed by atoms with Crippen LogP contribution in [0.25, 0.3) is 0 Å². The van der Waals surface area contributed by atoms with E-state index in [-0.39, 0.29) is 23.4 Å². The number of nitrogens with one attached hydrogen (secondary N) is 2. The highest BCUT2D eigenvalue weighted by molar-refractivity contribution is 6.12. The SMILES string of the molecule is C#Cc1ccc(NC(=O)c2cc(OC)ccc2NC(=O)c2ccc(/N=C/N3CCC(C(=O)OC)CC3)cc2)cc1. The predicted molar refractivity (Wildman–Crippen MR) is 154 cm³/mol. The number of methoxy groups -OCH3 is 2. The van der Waals surface area contributed by atoms with Crippen molar-refractivity contribution in [1.29, 1.82) is 0 Å². The Kier molecular flexibility index (Phi) is 9.15. The van der Waals surface area contributed by atoms with E-state index >= 15 is 0 Å². The molecule has 0 spiro atoms. The lowest BCUT2D eigenvalue weighted by molar-refractivity contribution is -0.146. The lowest BCUT2D eigenvalue weighted by atomic mass is 9.97. The molecule has 204 valence electrons. The minimum Gasteiger partial charge on any atom is -0.497 e. The molecule has 2 amide bonds. The van der Waals surface area contributed by atoms with E-state index < -0.39 is 5.91 Å². The van der Waals surface area contributed by atoms with Gasteiger partial charge in [0.1, 0.15) is 5.75 Å². The molecule has 0 saturated carbocycles. The topological polar surface area (TPSA) is 109 Å². The van der Waals surface area contributed by atoms with Gasteiger partial charge in [0.05, 0.1) is 43.4 Å². The molecule has 0 bridgehead atoms. The Morgan fingerprint density at radius 2 is 1.65 bits per heavy atom. The molecule has 1 saturated heterocycles. The highest BCUT2D eigenvalue weighted by atomic mass is 16.5. The smallest absolute Gasteiger partial charge is 0.308 e. The van der Waals surface area contributed by atoms with Crippen LogP contribution in [0.1, 0.15) is 39.1 Å². The van der Waals surface area contributed by atoms with Crippen LogP contribution in [0.15, 0.2) is 71.7 Å². The number of anilines is 2. The normalized spacial score (nSPS) is 13.4. The number of likely N-dealkylation sites (tertiary alicyclic amines) is 1. The molecule has 9 nitrogen and oxygen atoms in total. The van der Waals surface area contributed by atoms with Crippen molar-refractivity contribution in [3.63, 3.8) is 0 Å². The number of carbonyl (C=O) groups is 3. The maximum atomic E-state index is 13.1. The molecule has 3 aromatic rings. The average Bonchev–Trinajstić information content (AvgIpc) is 3.00. The van der Waals surface area contributed by atoms with Crippen LogP contribution < -0.4 is 15.4 Å². The fraction of sp³-hybridized carbons (Fsp3) is 0.226. The molecule has 2 N–H and O–H groups in total. The van der Waals surface area contributed by atoms with Gasteiger partial charge < -0.3 is 25.0 Å². The lowest BCUT2D eigenvalue weighted by Crippen LogP contribution is -2.35. The van der Waals surface area contributed by atoms with Crippen LogP contribution >= 0.6 is 0 Å². The summed E-state index contributed by atoms with van der Waals surface area (Å²) < 4.78 is 10.1. The van der Waals surface area contributed by atoms with E-state index in [1.807, 2.05) is 0 Å². The highest BCUT2D eigenvalue weighted by Crippen LogP contribution is 2.25. The number of aliphatic imine (C=N–C) groups is 1.